The number of ether oxygens (including phenoxy) is 2. The first-order chi connectivity index (χ1) is 8.27. The van der Waals surface area contributed by atoms with Crippen LogP contribution in [0, 0.1) is 0 Å². The number of fused-ring (bicyclic) bond motifs is 1. The SMILES string of the molecule is Oc1c(Cl)cc2c(c1C1CCNC1)OCCO2. The van der Waals surface area contributed by atoms with Crippen molar-refractivity contribution in [1.82, 2.24) is 5.32 Å². The van der Waals surface area contributed by atoms with E-state index in [0.717, 1.165) is 25.1 Å². The van der Waals surface area contributed by atoms with Crippen molar-refractivity contribution >= 4 is 11.6 Å². The molecule has 1 aromatic rings. The molecule has 0 radical (unpaired) electrons. The van der Waals surface area contributed by atoms with E-state index in [2.05, 4.69) is 5.32 Å². The summed E-state index contributed by atoms with van der Waals surface area (Å²) in [7, 11) is 0. The normalized spacial score (nSPS) is 22.8. The minimum atomic E-state index is 0.129. The molecule has 1 fully saturated rings. The molecule has 3 rings (SSSR count). The third kappa shape index (κ3) is 1.81. The van der Waals surface area contributed by atoms with Crippen LogP contribution in [-0.2, 0) is 0 Å². The zero-order valence-corrected chi connectivity index (χ0v) is 10.1. The van der Waals surface area contributed by atoms with Gasteiger partial charge in [0.15, 0.2) is 11.5 Å². The van der Waals surface area contributed by atoms with Gasteiger partial charge < -0.3 is 19.9 Å². The smallest absolute Gasteiger partial charge is 0.168 e. The number of benzene rings is 1. The minimum absolute atomic E-state index is 0.129. The van der Waals surface area contributed by atoms with Gasteiger partial charge in [0.25, 0.3) is 0 Å². The first-order valence-electron chi connectivity index (χ1n) is 5.79. The molecule has 1 atom stereocenters. The van der Waals surface area contributed by atoms with Crippen molar-refractivity contribution in [3.05, 3.63) is 16.7 Å². The third-order valence-electron chi connectivity index (χ3n) is 3.26. The number of rotatable bonds is 1. The molecule has 0 saturated carbocycles. The van der Waals surface area contributed by atoms with Gasteiger partial charge in [-0.1, -0.05) is 11.6 Å². The number of aromatic hydroxyl groups is 1. The predicted molar refractivity (Wildman–Crippen MR) is 64.3 cm³/mol. The highest BCUT2D eigenvalue weighted by molar-refractivity contribution is 6.32. The average molecular weight is 256 g/mol. The van der Waals surface area contributed by atoms with Crippen molar-refractivity contribution in [2.75, 3.05) is 26.3 Å². The Labute approximate surface area is 104 Å². The summed E-state index contributed by atoms with van der Waals surface area (Å²) in [6, 6.07) is 1.62. The molecule has 1 unspecified atom stereocenters. The van der Waals surface area contributed by atoms with Crippen LogP contribution in [0.1, 0.15) is 17.9 Å². The lowest BCUT2D eigenvalue weighted by molar-refractivity contribution is 0.168. The van der Waals surface area contributed by atoms with Gasteiger partial charge in [-0.15, -0.1) is 0 Å². The molecule has 4 nitrogen and oxygen atoms in total. The maximum Gasteiger partial charge on any atom is 0.168 e. The van der Waals surface area contributed by atoms with Gasteiger partial charge in [-0.2, -0.15) is 0 Å². The lowest BCUT2D eigenvalue weighted by Gasteiger charge is -2.24. The maximum absolute atomic E-state index is 10.1. The van der Waals surface area contributed by atoms with E-state index in [1.165, 1.54) is 0 Å². The number of halogens is 1. The van der Waals surface area contributed by atoms with E-state index in [1.54, 1.807) is 6.07 Å². The number of hydrogen-bond donors (Lipinski definition) is 2. The molecule has 2 N–H and O–H groups in total. The van der Waals surface area contributed by atoms with Crippen molar-refractivity contribution < 1.29 is 14.6 Å². The Hall–Kier alpha value is -1.13. The van der Waals surface area contributed by atoms with E-state index in [-0.39, 0.29) is 11.7 Å². The zero-order chi connectivity index (χ0) is 11.8. The van der Waals surface area contributed by atoms with Gasteiger partial charge in [-0.25, -0.2) is 0 Å². The summed E-state index contributed by atoms with van der Waals surface area (Å²) >= 11 is 6.02. The Morgan fingerprint density at radius 1 is 1.35 bits per heavy atom. The fourth-order valence-corrected chi connectivity index (χ4v) is 2.65. The van der Waals surface area contributed by atoms with Crippen molar-refractivity contribution in [2.24, 2.45) is 0 Å². The number of phenolic OH excluding ortho intramolecular Hbond substituents is 1. The highest BCUT2D eigenvalue weighted by atomic mass is 35.5. The summed E-state index contributed by atoms with van der Waals surface area (Å²) in [4.78, 5) is 0. The molecule has 0 aromatic heterocycles. The fraction of sp³-hybridized carbons (Fsp3) is 0.500. The van der Waals surface area contributed by atoms with Gasteiger partial charge in [-0.05, 0) is 13.0 Å². The summed E-state index contributed by atoms with van der Waals surface area (Å²) in [6.45, 7) is 2.83. The molecule has 17 heavy (non-hydrogen) atoms. The van der Waals surface area contributed by atoms with E-state index >= 15 is 0 Å². The number of phenols is 1. The van der Waals surface area contributed by atoms with Gasteiger partial charge in [0.2, 0.25) is 0 Å². The van der Waals surface area contributed by atoms with Gasteiger partial charge >= 0.3 is 0 Å². The zero-order valence-electron chi connectivity index (χ0n) is 9.33. The van der Waals surface area contributed by atoms with Crippen molar-refractivity contribution in [2.45, 2.75) is 12.3 Å². The van der Waals surface area contributed by atoms with Gasteiger partial charge in [0, 0.05) is 24.1 Å². The summed E-state index contributed by atoms with van der Waals surface area (Å²) in [6.07, 6.45) is 0.976. The monoisotopic (exact) mass is 255 g/mol. The summed E-state index contributed by atoms with van der Waals surface area (Å²) in [5.41, 5.74) is 0.789. The molecule has 1 aromatic carbocycles. The largest absolute Gasteiger partial charge is 0.506 e. The topological polar surface area (TPSA) is 50.7 Å². The number of nitrogens with one attached hydrogen (secondary N) is 1. The van der Waals surface area contributed by atoms with Crippen LogP contribution in [0.15, 0.2) is 6.07 Å². The van der Waals surface area contributed by atoms with Gasteiger partial charge in [-0.3, -0.25) is 0 Å². The van der Waals surface area contributed by atoms with Crippen LogP contribution >= 0.6 is 11.6 Å². The van der Waals surface area contributed by atoms with Crippen LogP contribution in [0.3, 0.4) is 0 Å². The molecule has 92 valence electrons. The predicted octanol–water partition coefficient (Wildman–Crippen LogP) is 1.89. The van der Waals surface area contributed by atoms with Crippen LogP contribution in [0.5, 0.6) is 17.2 Å². The van der Waals surface area contributed by atoms with Crippen LogP contribution < -0.4 is 14.8 Å². The first kappa shape index (κ1) is 11.0. The van der Waals surface area contributed by atoms with Crippen molar-refractivity contribution in [3.63, 3.8) is 0 Å². The molecule has 5 heteroatoms. The standard InChI is InChI=1S/C12H14ClNO3/c13-8-5-9-12(17-4-3-16-9)10(11(8)15)7-1-2-14-6-7/h5,7,14-15H,1-4,6H2. The molecule has 2 aliphatic heterocycles. The molecule has 2 heterocycles. The Bertz CT molecular complexity index is 444. The second-order valence-corrected chi connectivity index (χ2v) is 4.74. The van der Waals surface area contributed by atoms with Gasteiger partial charge in [0.1, 0.15) is 19.0 Å². The molecule has 2 aliphatic rings. The highest BCUT2D eigenvalue weighted by Crippen LogP contribution is 2.48. The van der Waals surface area contributed by atoms with Gasteiger partial charge in [0.05, 0.1) is 5.02 Å². The Morgan fingerprint density at radius 3 is 2.94 bits per heavy atom. The summed E-state index contributed by atoms with van der Waals surface area (Å²) < 4.78 is 11.1. The second kappa shape index (κ2) is 4.27. The summed E-state index contributed by atoms with van der Waals surface area (Å²) in [5.74, 6) is 1.67. The van der Waals surface area contributed by atoms with E-state index in [0.29, 0.717) is 29.7 Å². The average Bonchev–Trinajstić information content (AvgIpc) is 2.84. The Kier molecular flexibility index (Phi) is 2.76. The lowest BCUT2D eigenvalue weighted by Crippen LogP contribution is -2.18. The Morgan fingerprint density at radius 2 is 2.18 bits per heavy atom. The molecule has 0 amide bonds. The molecule has 0 spiro atoms. The van der Waals surface area contributed by atoms with E-state index in [4.69, 9.17) is 21.1 Å². The number of hydrogen-bond acceptors (Lipinski definition) is 4. The molecule has 0 aliphatic carbocycles. The maximum atomic E-state index is 10.1. The van der Waals surface area contributed by atoms with Crippen LogP contribution in [-0.4, -0.2) is 31.4 Å². The second-order valence-electron chi connectivity index (χ2n) is 4.33. The van der Waals surface area contributed by atoms with Crippen LogP contribution in [0.2, 0.25) is 5.02 Å². The van der Waals surface area contributed by atoms with Crippen LogP contribution in [0.25, 0.3) is 0 Å². The Balaban J connectivity index is 2.12. The van der Waals surface area contributed by atoms with E-state index < -0.39 is 0 Å². The minimum Gasteiger partial charge on any atom is -0.506 e. The first-order valence-corrected chi connectivity index (χ1v) is 6.17. The fourth-order valence-electron chi connectivity index (χ4n) is 2.45. The third-order valence-corrected chi connectivity index (χ3v) is 3.55. The lowest BCUT2D eigenvalue weighted by atomic mass is 9.95. The van der Waals surface area contributed by atoms with Crippen LogP contribution in [0.4, 0.5) is 0 Å². The highest BCUT2D eigenvalue weighted by Gasteiger charge is 2.29. The molecule has 1 saturated heterocycles. The molecular weight excluding hydrogens is 242 g/mol. The molecular formula is C12H14ClNO3. The quantitative estimate of drug-likeness (QED) is 0.805. The molecule has 0 bridgehead atoms. The summed E-state index contributed by atoms with van der Waals surface area (Å²) in [5, 5.41) is 13.7. The van der Waals surface area contributed by atoms with Crippen molar-refractivity contribution in [3.8, 4) is 17.2 Å². The van der Waals surface area contributed by atoms with E-state index in [9.17, 15) is 5.11 Å². The van der Waals surface area contributed by atoms with E-state index in [1.807, 2.05) is 0 Å². The van der Waals surface area contributed by atoms with Crippen molar-refractivity contribution in [1.29, 1.82) is 0 Å².